The number of ether oxygens (including phenoxy) is 1. The lowest BCUT2D eigenvalue weighted by molar-refractivity contribution is 0.240. The van der Waals surface area contributed by atoms with E-state index in [-0.39, 0.29) is 0 Å². The van der Waals surface area contributed by atoms with Crippen LogP contribution in [0.2, 0.25) is 0 Å². The fraction of sp³-hybridized carbons (Fsp3) is 0.593. The van der Waals surface area contributed by atoms with Crippen LogP contribution in [0.1, 0.15) is 83.6 Å². The lowest BCUT2D eigenvalue weighted by Crippen LogP contribution is -2.16. The van der Waals surface area contributed by atoms with Gasteiger partial charge in [-0.05, 0) is 55.2 Å². The minimum atomic E-state index is 0.746. The van der Waals surface area contributed by atoms with Crippen molar-refractivity contribution in [3.8, 4) is 17.0 Å². The second kappa shape index (κ2) is 12.0. The molecule has 0 amide bonds. The first-order chi connectivity index (χ1) is 14.3. The van der Waals surface area contributed by atoms with Crippen molar-refractivity contribution in [3.05, 3.63) is 48.2 Å². The maximum absolute atomic E-state index is 5.63. The summed E-state index contributed by atoms with van der Waals surface area (Å²) in [5.74, 6) is 2.79. The van der Waals surface area contributed by atoms with Crippen LogP contribution in [-0.2, 0) is 6.42 Å². The van der Waals surface area contributed by atoms with Crippen LogP contribution < -0.4 is 4.74 Å². The molecule has 0 N–H and O–H groups in total. The highest BCUT2D eigenvalue weighted by Gasteiger charge is 2.21. The molecule has 1 aliphatic carbocycles. The quantitative estimate of drug-likeness (QED) is 0.362. The Kier molecular flexibility index (Phi) is 9.05. The number of unbranched alkanes of at least 4 members (excludes halogenated alkanes) is 2. The van der Waals surface area contributed by atoms with Crippen molar-refractivity contribution in [1.82, 2.24) is 4.98 Å². The molecule has 1 aromatic heterocycles. The molecule has 158 valence electrons. The largest absolute Gasteiger partial charge is 0.492 e. The number of hydrogen-bond acceptors (Lipinski definition) is 2. The van der Waals surface area contributed by atoms with Crippen molar-refractivity contribution >= 4 is 0 Å². The van der Waals surface area contributed by atoms with Crippen molar-refractivity contribution in [1.29, 1.82) is 0 Å². The summed E-state index contributed by atoms with van der Waals surface area (Å²) in [6.07, 6.45) is 16.9. The first-order valence-electron chi connectivity index (χ1n) is 12.0. The van der Waals surface area contributed by atoms with E-state index < -0.39 is 0 Å². The summed E-state index contributed by atoms with van der Waals surface area (Å²) in [4.78, 5) is 4.56. The van der Waals surface area contributed by atoms with Gasteiger partial charge in [0.2, 0.25) is 0 Å². The number of pyridine rings is 1. The molecule has 1 heterocycles. The zero-order valence-corrected chi connectivity index (χ0v) is 18.5. The molecule has 1 fully saturated rings. The topological polar surface area (TPSA) is 22.1 Å². The average molecular weight is 394 g/mol. The van der Waals surface area contributed by atoms with Crippen LogP contribution in [0, 0.1) is 11.8 Å². The van der Waals surface area contributed by atoms with E-state index in [2.05, 4.69) is 49.2 Å². The third-order valence-corrected chi connectivity index (χ3v) is 6.41. The molecule has 1 saturated carbocycles. The summed E-state index contributed by atoms with van der Waals surface area (Å²) in [5.41, 5.74) is 3.66. The van der Waals surface area contributed by atoms with E-state index in [0.29, 0.717) is 0 Å². The molecule has 1 aromatic carbocycles. The third kappa shape index (κ3) is 7.17. The van der Waals surface area contributed by atoms with Gasteiger partial charge >= 0.3 is 0 Å². The van der Waals surface area contributed by atoms with Gasteiger partial charge in [0.25, 0.3) is 0 Å². The van der Waals surface area contributed by atoms with Crippen LogP contribution in [0.5, 0.6) is 5.75 Å². The van der Waals surface area contributed by atoms with Crippen molar-refractivity contribution in [2.24, 2.45) is 11.8 Å². The van der Waals surface area contributed by atoms with Gasteiger partial charge in [0.15, 0.2) is 0 Å². The predicted octanol–water partition coefficient (Wildman–Crippen LogP) is 7.86. The number of rotatable bonds is 11. The van der Waals surface area contributed by atoms with Crippen molar-refractivity contribution in [2.45, 2.75) is 84.5 Å². The van der Waals surface area contributed by atoms with Gasteiger partial charge < -0.3 is 4.74 Å². The maximum Gasteiger partial charge on any atom is 0.137 e. The smallest absolute Gasteiger partial charge is 0.137 e. The van der Waals surface area contributed by atoms with Gasteiger partial charge in [-0.3, -0.25) is 4.98 Å². The first-order valence-corrected chi connectivity index (χ1v) is 12.0. The third-order valence-electron chi connectivity index (χ3n) is 6.41. The zero-order chi connectivity index (χ0) is 20.3. The number of aromatic nitrogens is 1. The molecule has 2 unspecified atom stereocenters. The number of aryl methyl sites for hydroxylation is 1. The lowest BCUT2D eigenvalue weighted by Gasteiger charge is -2.29. The summed E-state index contributed by atoms with van der Waals surface area (Å²) < 4.78 is 5.63. The Balaban J connectivity index is 1.46. The van der Waals surface area contributed by atoms with E-state index in [1.165, 1.54) is 75.3 Å². The van der Waals surface area contributed by atoms with E-state index in [9.17, 15) is 0 Å². The van der Waals surface area contributed by atoms with Crippen molar-refractivity contribution < 1.29 is 4.74 Å². The maximum atomic E-state index is 5.63. The molecule has 0 radical (unpaired) electrons. The van der Waals surface area contributed by atoms with Gasteiger partial charge in [-0.1, -0.05) is 83.1 Å². The summed E-state index contributed by atoms with van der Waals surface area (Å²) >= 11 is 0. The van der Waals surface area contributed by atoms with Gasteiger partial charge in [-0.2, -0.15) is 0 Å². The monoisotopic (exact) mass is 393 g/mol. The standard InChI is InChI=1S/C27H39NO/c1-3-5-6-8-23-9-7-10-24(20-23)12-11-22-13-15-25(16-14-22)27-18-17-26(21-28-27)29-19-4-2/h13-18,21,23-24H,3-12,19-20H2,1-2H3. The molecular weight excluding hydrogens is 354 g/mol. The molecule has 2 aromatic rings. The molecule has 0 spiro atoms. The minimum Gasteiger partial charge on any atom is -0.492 e. The Morgan fingerprint density at radius 1 is 0.897 bits per heavy atom. The number of benzene rings is 1. The average Bonchev–Trinajstić information content (AvgIpc) is 2.77. The van der Waals surface area contributed by atoms with Crippen LogP contribution in [0.25, 0.3) is 11.3 Å². The second-order valence-corrected chi connectivity index (χ2v) is 8.86. The molecule has 2 atom stereocenters. The van der Waals surface area contributed by atoms with Gasteiger partial charge in [0.1, 0.15) is 5.75 Å². The minimum absolute atomic E-state index is 0.746. The van der Waals surface area contributed by atoms with Gasteiger partial charge in [-0.25, -0.2) is 0 Å². The highest BCUT2D eigenvalue weighted by Crippen LogP contribution is 2.35. The molecule has 0 bridgehead atoms. The Bertz CT molecular complexity index is 691. The normalized spacial score (nSPS) is 19.2. The fourth-order valence-electron chi connectivity index (χ4n) is 4.68. The van der Waals surface area contributed by atoms with E-state index in [0.717, 1.165) is 36.3 Å². The highest BCUT2D eigenvalue weighted by molar-refractivity contribution is 5.59. The number of hydrogen-bond donors (Lipinski definition) is 0. The predicted molar refractivity (Wildman–Crippen MR) is 123 cm³/mol. The van der Waals surface area contributed by atoms with E-state index >= 15 is 0 Å². The first kappa shape index (κ1) is 21.9. The molecule has 3 rings (SSSR count). The highest BCUT2D eigenvalue weighted by atomic mass is 16.5. The summed E-state index contributed by atoms with van der Waals surface area (Å²) in [5, 5.41) is 0. The van der Waals surface area contributed by atoms with Crippen LogP contribution in [0.3, 0.4) is 0 Å². The summed E-state index contributed by atoms with van der Waals surface area (Å²) in [6, 6.07) is 13.1. The van der Waals surface area contributed by atoms with E-state index in [1.807, 2.05) is 12.3 Å². The van der Waals surface area contributed by atoms with Crippen LogP contribution in [0.4, 0.5) is 0 Å². The SMILES string of the molecule is CCCCCC1CCCC(CCc2ccc(-c3ccc(OCCC)cn3)cc2)C1. The second-order valence-electron chi connectivity index (χ2n) is 8.86. The molecule has 2 heteroatoms. The molecule has 0 saturated heterocycles. The Morgan fingerprint density at radius 3 is 2.38 bits per heavy atom. The molecule has 2 nitrogen and oxygen atoms in total. The fourth-order valence-corrected chi connectivity index (χ4v) is 4.68. The Labute approximate surface area is 178 Å². The van der Waals surface area contributed by atoms with Crippen LogP contribution >= 0.6 is 0 Å². The van der Waals surface area contributed by atoms with Gasteiger partial charge in [0, 0.05) is 5.56 Å². The van der Waals surface area contributed by atoms with Gasteiger partial charge in [-0.15, -0.1) is 0 Å². The summed E-state index contributed by atoms with van der Waals surface area (Å²) in [6.45, 7) is 5.17. The molecule has 29 heavy (non-hydrogen) atoms. The lowest BCUT2D eigenvalue weighted by atomic mass is 9.77. The Morgan fingerprint density at radius 2 is 1.69 bits per heavy atom. The molecular formula is C27H39NO. The van der Waals surface area contributed by atoms with E-state index in [4.69, 9.17) is 4.74 Å². The zero-order valence-electron chi connectivity index (χ0n) is 18.5. The van der Waals surface area contributed by atoms with Crippen LogP contribution in [-0.4, -0.2) is 11.6 Å². The van der Waals surface area contributed by atoms with Gasteiger partial charge in [0.05, 0.1) is 18.5 Å². The van der Waals surface area contributed by atoms with E-state index in [1.54, 1.807) is 0 Å². The molecule has 1 aliphatic rings. The Hall–Kier alpha value is -1.83. The molecule has 0 aliphatic heterocycles. The van der Waals surface area contributed by atoms with Crippen LogP contribution in [0.15, 0.2) is 42.6 Å². The summed E-state index contributed by atoms with van der Waals surface area (Å²) in [7, 11) is 0. The number of nitrogens with zero attached hydrogens (tertiary/aromatic N) is 1. The van der Waals surface area contributed by atoms with Crippen molar-refractivity contribution in [2.75, 3.05) is 6.61 Å². The van der Waals surface area contributed by atoms with Crippen molar-refractivity contribution in [3.63, 3.8) is 0 Å².